The lowest BCUT2D eigenvalue weighted by Crippen LogP contribution is -2.16. The fourth-order valence-corrected chi connectivity index (χ4v) is 2.09. The zero-order valence-corrected chi connectivity index (χ0v) is 12.3. The van der Waals surface area contributed by atoms with Gasteiger partial charge in [0.15, 0.2) is 5.82 Å². The van der Waals surface area contributed by atoms with Crippen LogP contribution >= 0.6 is 0 Å². The highest BCUT2D eigenvalue weighted by atomic mass is 16.1. The van der Waals surface area contributed by atoms with E-state index in [1.807, 2.05) is 32.0 Å². The first-order valence-corrected chi connectivity index (χ1v) is 6.84. The number of carbonyl (C=O) groups excluding carboxylic acids is 1. The number of pyridine rings is 1. The third-order valence-corrected chi connectivity index (χ3v) is 3.43. The summed E-state index contributed by atoms with van der Waals surface area (Å²) in [6.07, 6.45) is 4.53. The van der Waals surface area contributed by atoms with E-state index in [1.54, 1.807) is 18.3 Å². The number of amides is 1. The van der Waals surface area contributed by atoms with Gasteiger partial charge >= 0.3 is 0 Å². The van der Waals surface area contributed by atoms with Crippen molar-refractivity contribution in [1.29, 1.82) is 0 Å². The van der Waals surface area contributed by atoms with Gasteiger partial charge in [0.25, 0.3) is 5.91 Å². The fourth-order valence-electron chi connectivity index (χ4n) is 2.09. The lowest BCUT2D eigenvalue weighted by molar-refractivity contribution is 0.102. The standard InChI is InChI=1S/C16H15N5O/c1-11-5-6-13(8-12(11)2)20-16(22)14-4-3-7-18-15(14)21-10-17-9-19-21/h3-10H,1-2H3,(H,20,22). The highest BCUT2D eigenvalue weighted by Gasteiger charge is 2.14. The Morgan fingerprint density at radius 3 is 2.77 bits per heavy atom. The number of anilines is 1. The minimum atomic E-state index is -0.234. The van der Waals surface area contributed by atoms with Crippen LogP contribution in [0.4, 0.5) is 5.69 Å². The number of rotatable bonds is 3. The van der Waals surface area contributed by atoms with Gasteiger partial charge in [0, 0.05) is 11.9 Å². The molecule has 0 atom stereocenters. The quantitative estimate of drug-likeness (QED) is 0.805. The number of carbonyl (C=O) groups is 1. The van der Waals surface area contributed by atoms with Gasteiger partial charge in [0.05, 0.1) is 5.56 Å². The largest absolute Gasteiger partial charge is 0.322 e. The van der Waals surface area contributed by atoms with Gasteiger partial charge in [-0.2, -0.15) is 5.10 Å². The van der Waals surface area contributed by atoms with Crippen LogP contribution in [0.2, 0.25) is 0 Å². The summed E-state index contributed by atoms with van der Waals surface area (Å²) in [5.41, 5.74) is 3.50. The second-order valence-corrected chi connectivity index (χ2v) is 4.97. The number of aryl methyl sites for hydroxylation is 2. The van der Waals surface area contributed by atoms with Crippen molar-refractivity contribution < 1.29 is 4.79 Å². The molecule has 1 N–H and O–H groups in total. The minimum Gasteiger partial charge on any atom is -0.322 e. The molecule has 1 amide bonds. The van der Waals surface area contributed by atoms with Crippen molar-refractivity contribution in [1.82, 2.24) is 19.7 Å². The Kier molecular flexibility index (Phi) is 3.65. The topological polar surface area (TPSA) is 72.7 Å². The Balaban J connectivity index is 1.91. The molecule has 0 saturated carbocycles. The van der Waals surface area contributed by atoms with Crippen LogP contribution in [-0.4, -0.2) is 25.7 Å². The summed E-state index contributed by atoms with van der Waals surface area (Å²) < 4.78 is 1.47. The molecule has 0 saturated heterocycles. The second kappa shape index (κ2) is 5.77. The molecule has 6 heteroatoms. The molecule has 2 aromatic heterocycles. The number of hydrogen-bond donors (Lipinski definition) is 1. The van der Waals surface area contributed by atoms with Gasteiger partial charge in [0.1, 0.15) is 12.7 Å². The molecule has 0 aliphatic rings. The SMILES string of the molecule is Cc1ccc(NC(=O)c2cccnc2-n2cncn2)cc1C. The van der Waals surface area contributed by atoms with Crippen LogP contribution < -0.4 is 5.32 Å². The molecule has 6 nitrogen and oxygen atoms in total. The van der Waals surface area contributed by atoms with Crippen LogP contribution in [0.1, 0.15) is 21.5 Å². The number of hydrogen-bond acceptors (Lipinski definition) is 4. The fraction of sp³-hybridized carbons (Fsp3) is 0.125. The van der Waals surface area contributed by atoms with E-state index in [1.165, 1.54) is 22.9 Å². The predicted molar refractivity (Wildman–Crippen MR) is 83.0 cm³/mol. The van der Waals surface area contributed by atoms with E-state index in [0.717, 1.165) is 11.3 Å². The zero-order valence-electron chi connectivity index (χ0n) is 12.3. The van der Waals surface area contributed by atoms with Crippen LogP contribution in [0.15, 0.2) is 49.2 Å². The molecule has 110 valence electrons. The van der Waals surface area contributed by atoms with Crippen molar-refractivity contribution >= 4 is 11.6 Å². The monoisotopic (exact) mass is 293 g/mol. The van der Waals surface area contributed by atoms with Crippen LogP contribution in [0.25, 0.3) is 5.82 Å². The molecule has 0 spiro atoms. The third kappa shape index (κ3) is 2.71. The molecule has 2 heterocycles. The zero-order chi connectivity index (χ0) is 15.5. The van der Waals surface area contributed by atoms with Gasteiger partial charge in [-0.3, -0.25) is 4.79 Å². The summed E-state index contributed by atoms with van der Waals surface area (Å²) in [6.45, 7) is 4.04. The van der Waals surface area contributed by atoms with E-state index in [0.29, 0.717) is 11.4 Å². The Hall–Kier alpha value is -3.02. The van der Waals surface area contributed by atoms with Gasteiger partial charge in [-0.05, 0) is 49.2 Å². The maximum atomic E-state index is 12.5. The van der Waals surface area contributed by atoms with Crippen molar-refractivity contribution in [3.05, 3.63) is 65.9 Å². The van der Waals surface area contributed by atoms with Crippen LogP contribution in [0, 0.1) is 13.8 Å². The van der Waals surface area contributed by atoms with Crippen molar-refractivity contribution in [3.8, 4) is 5.82 Å². The highest BCUT2D eigenvalue weighted by Crippen LogP contribution is 2.17. The molecule has 3 aromatic rings. The van der Waals surface area contributed by atoms with E-state index in [-0.39, 0.29) is 5.91 Å². The molecule has 0 bridgehead atoms. The van der Waals surface area contributed by atoms with Gasteiger partial charge in [-0.1, -0.05) is 6.07 Å². The Labute approximate surface area is 127 Å². The lowest BCUT2D eigenvalue weighted by atomic mass is 10.1. The minimum absolute atomic E-state index is 0.234. The van der Waals surface area contributed by atoms with Gasteiger partial charge in [-0.15, -0.1) is 0 Å². The average Bonchev–Trinajstić information content (AvgIpc) is 3.05. The lowest BCUT2D eigenvalue weighted by Gasteiger charge is -2.10. The van der Waals surface area contributed by atoms with E-state index in [4.69, 9.17) is 0 Å². The Bertz CT molecular complexity index is 811. The summed E-state index contributed by atoms with van der Waals surface area (Å²) in [6, 6.07) is 9.23. The van der Waals surface area contributed by atoms with Crippen LogP contribution in [0.5, 0.6) is 0 Å². The van der Waals surface area contributed by atoms with Crippen LogP contribution in [-0.2, 0) is 0 Å². The summed E-state index contributed by atoms with van der Waals surface area (Å²) in [5, 5.41) is 6.91. The first-order valence-electron chi connectivity index (χ1n) is 6.84. The van der Waals surface area contributed by atoms with Crippen molar-refractivity contribution in [2.45, 2.75) is 13.8 Å². The van der Waals surface area contributed by atoms with E-state index in [2.05, 4.69) is 20.4 Å². The molecule has 0 unspecified atom stereocenters. The maximum Gasteiger partial charge on any atom is 0.259 e. The maximum absolute atomic E-state index is 12.5. The number of nitrogens with zero attached hydrogens (tertiary/aromatic N) is 4. The molecule has 1 aromatic carbocycles. The Morgan fingerprint density at radius 1 is 1.18 bits per heavy atom. The third-order valence-electron chi connectivity index (χ3n) is 3.43. The molecule has 0 aliphatic carbocycles. The van der Waals surface area contributed by atoms with E-state index in [9.17, 15) is 4.79 Å². The number of nitrogens with one attached hydrogen (secondary N) is 1. The van der Waals surface area contributed by atoms with Gasteiger partial charge < -0.3 is 5.32 Å². The predicted octanol–water partition coefficient (Wildman–Crippen LogP) is 2.53. The number of benzene rings is 1. The van der Waals surface area contributed by atoms with E-state index < -0.39 is 0 Å². The summed E-state index contributed by atoms with van der Waals surface area (Å²) in [7, 11) is 0. The first-order chi connectivity index (χ1) is 10.6. The van der Waals surface area contributed by atoms with Crippen molar-refractivity contribution in [2.75, 3.05) is 5.32 Å². The molecule has 0 fully saturated rings. The summed E-state index contributed by atoms with van der Waals surface area (Å²) in [5.74, 6) is 0.211. The Morgan fingerprint density at radius 2 is 2.05 bits per heavy atom. The highest BCUT2D eigenvalue weighted by molar-refractivity contribution is 6.06. The van der Waals surface area contributed by atoms with Crippen molar-refractivity contribution in [2.24, 2.45) is 0 Å². The van der Waals surface area contributed by atoms with Gasteiger partial charge in [-0.25, -0.2) is 14.6 Å². The first kappa shape index (κ1) is 13.9. The summed E-state index contributed by atoms with van der Waals surface area (Å²) in [4.78, 5) is 20.6. The molecule has 22 heavy (non-hydrogen) atoms. The van der Waals surface area contributed by atoms with Crippen molar-refractivity contribution in [3.63, 3.8) is 0 Å². The molecule has 0 aliphatic heterocycles. The smallest absolute Gasteiger partial charge is 0.259 e. The summed E-state index contributed by atoms with van der Waals surface area (Å²) >= 11 is 0. The van der Waals surface area contributed by atoms with Crippen LogP contribution in [0.3, 0.4) is 0 Å². The van der Waals surface area contributed by atoms with Gasteiger partial charge in [0.2, 0.25) is 0 Å². The molecule has 3 rings (SSSR count). The van der Waals surface area contributed by atoms with E-state index >= 15 is 0 Å². The average molecular weight is 293 g/mol. The second-order valence-electron chi connectivity index (χ2n) is 4.97. The normalized spacial score (nSPS) is 10.5. The molecular weight excluding hydrogens is 278 g/mol. The molecule has 0 radical (unpaired) electrons. The number of aromatic nitrogens is 4. The molecular formula is C16H15N5O.